The van der Waals surface area contributed by atoms with E-state index < -0.39 is 5.91 Å². The van der Waals surface area contributed by atoms with E-state index in [9.17, 15) is 4.79 Å². The highest BCUT2D eigenvalue weighted by atomic mass is 35.5. The van der Waals surface area contributed by atoms with E-state index in [2.05, 4.69) is 15.5 Å². The lowest BCUT2D eigenvalue weighted by Crippen LogP contribution is -2.10. The molecule has 1 amide bonds. The number of nitrogens with one attached hydrogen (secondary N) is 1. The molecule has 0 atom stereocenters. The van der Waals surface area contributed by atoms with E-state index in [0.717, 1.165) is 5.56 Å². The number of anilines is 1. The number of carbonyl (C=O) groups excluding carboxylic acids is 1. The van der Waals surface area contributed by atoms with Crippen molar-refractivity contribution in [1.82, 2.24) is 10.1 Å². The molecule has 22 heavy (non-hydrogen) atoms. The molecule has 3 aromatic rings. The number of hydrogen-bond acceptors (Lipinski definition) is 4. The summed E-state index contributed by atoms with van der Waals surface area (Å²) in [5.41, 5.74) is 1.81. The summed E-state index contributed by atoms with van der Waals surface area (Å²) in [4.78, 5) is 16.0. The van der Waals surface area contributed by atoms with Gasteiger partial charge in [0.2, 0.25) is 5.76 Å². The van der Waals surface area contributed by atoms with E-state index >= 15 is 0 Å². The molecule has 0 aliphatic heterocycles. The number of amides is 1. The summed E-state index contributed by atoms with van der Waals surface area (Å²) in [6, 6.07) is 11.9. The number of benzene rings is 1. The van der Waals surface area contributed by atoms with Crippen LogP contribution in [0.1, 0.15) is 10.6 Å². The first kappa shape index (κ1) is 14.6. The third-order valence-corrected chi connectivity index (χ3v) is 3.30. The van der Waals surface area contributed by atoms with Crippen molar-refractivity contribution in [3.63, 3.8) is 0 Å². The second-order valence-electron chi connectivity index (χ2n) is 4.41. The van der Waals surface area contributed by atoms with E-state index in [4.69, 9.17) is 27.7 Å². The summed E-state index contributed by atoms with van der Waals surface area (Å²) in [5, 5.41) is 7.45. The van der Waals surface area contributed by atoms with E-state index in [1.165, 1.54) is 6.20 Å². The van der Waals surface area contributed by atoms with Gasteiger partial charge in [0.25, 0.3) is 5.91 Å². The van der Waals surface area contributed by atoms with Gasteiger partial charge in [0, 0.05) is 16.7 Å². The van der Waals surface area contributed by atoms with Gasteiger partial charge in [-0.1, -0.05) is 40.5 Å². The lowest BCUT2D eigenvalue weighted by Gasteiger charge is -2.01. The number of rotatable bonds is 3. The first-order valence-corrected chi connectivity index (χ1v) is 7.03. The third-order valence-electron chi connectivity index (χ3n) is 2.84. The molecule has 0 aliphatic carbocycles. The van der Waals surface area contributed by atoms with Crippen LogP contribution in [0.4, 0.5) is 5.69 Å². The van der Waals surface area contributed by atoms with Gasteiger partial charge in [0.05, 0.1) is 11.9 Å². The smallest absolute Gasteiger partial charge is 0.294 e. The van der Waals surface area contributed by atoms with Gasteiger partial charge in [-0.25, -0.2) is 4.98 Å². The van der Waals surface area contributed by atoms with Crippen LogP contribution in [0.25, 0.3) is 11.3 Å². The van der Waals surface area contributed by atoms with Crippen LogP contribution < -0.4 is 5.32 Å². The van der Waals surface area contributed by atoms with Crippen molar-refractivity contribution in [2.24, 2.45) is 0 Å². The molecule has 0 fully saturated rings. The lowest BCUT2D eigenvalue weighted by atomic mass is 10.1. The van der Waals surface area contributed by atoms with Crippen molar-refractivity contribution in [2.75, 3.05) is 5.32 Å². The minimum absolute atomic E-state index is 0.0879. The molecule has 0 unspecified atom stereocenters. The Bertz CT molecular complexity index is 816. The molecule has 3 rings (SSSR count). The highest BCUT2D eigenvalue weighted by molar-refractivity contribution is 6.30. The van der Waals surface area contributed by atoms with Gasteiger partial charge >= 0.3 is 0 Å². The maximum atomic E-state index is 12.1. The molecule has 7 heteroatoms. The summed E-state index contributed by atoms with van der Waals surface area (Å²) >= 11 is 11.6. The Labute approximate surface area is 135 Å². The van der Waals surface area contributed by atoms with E-state index in [-0.39, 0.29) is 5.76 Å². The van der Waals surface area contributed by atoms with Crippen molar-refractivity contribution >= 4 is 34.8 Å². The first-order valence-electron chi connectivity index (χ1n) is 6.27. The number of halogens is 2. The summed E-state index contributed by atoms with van der Waals surface area (Å²) in [7, 11) is 0. The fourth-order valence-corrected chi connectivity index (χ4v) is 2.11. The van der Waals surface area contributed by atoms with Crippen molar-refractivity contribution in [1.29, 1.82) is 0 Å². The van der Waals surface area contributed by atoms with Crippen LogP contribution in [0.15, 0.2) is 53.2 Å². The molecule has 110 valence electrons. The first-order chi connectivity index (χ1) is 10.6. The van der Waals surface area contributed by atoms with Crippen LogP contribution in [0, 0.1) is 0 Å². The van der Waals surface area contributed by atoms with E-state index in [0.29, 0.717) is 21.6 Å². The molecular formula is C15H9Cl2N3O2. The quantitative estimate of drug-likeness (QED) is 0.725. The highest BCUT2D eigenvalue weighted by Gasteiger charge is 2.14. The fourth-order valence-electron chi connectivity index (χ4n) is 1.81. The molecule has 2 aromatic heterocycles. The minimum atomic E-state index is -0.426. The zero-order valence-electron chi connectivity index (χ0n) is 11.1. The van der Waals surface area contributed by atoms with Crippen molar-refractivity contribution < 1.29 is 9.32 Å². The minimum Gasteiger partial charge on any atom is -0.350 e. The van der Waals surface area contributed by atoms with Gasteiger partial charge in [-0.05, 0) is 24.3 Å². The van der Waals surface area contributed by atoms with Gasteiger partial charge in [0.15, 0.2) is 0 Å². The summed E-state index contributed by atoms with van der Waals surface area (Å²) in [6.07, 6.45) is 1.45. The summed E-state index contributed by atoms with van der Waals surface area (Å²) in [6.45, 7) is 0. The topological polar surface area (TPSA) is 68.0 Å². The summed E-state index contributed by atoms with van der Waals surface area (Å²) < 4.78 is 5.07. The number of hydrogen-bond donors (Lipinski definition) is 1. The molecule has 0 radical (unpaired) electrons. The average molecular weight is 334 g/mol. The Morgan fingerprint density at radius 1 is 1.14 bits per heavy atom. The summed E-state index contributed by atoms with van der Waals surface area (Å²) in [5.74, 6) is -0.338. The Hall–Kier alpha value is -2.37. The monoisotopic (exact) mass is 333 g/mol. The fraction of sp³-hybridized carbons (Fsp3) is 0. The zero-order valence-corrected chi connectivity index (χ0v) is 12.6. The van der Waals surface area contributed by atoms with Gasteiger partial charge in [-0.3, -0.25) is 4.79 Å². The van der Waals surface area contributed by atoms with Crippen LogP contribution in [-0.4, -0.2) is 16.0 Å². The second-order valence-corrected chi connectivity index (χ2v) is 5.23. The van der Waals surface area contributed by atoms with Crippen molar-refractivity contribution in [2.45, 2.75) is 0 Å². The Morgan fingerprint density at radius 2 is 2.00 bits per heavy atom. The SMILES string of the molecule is O=C(Nc1ccc(Cl)nc1)c1cc(-c2cccc(Cl)c2)no1. The Balaban J connectivity index is 1.78. The standard InChI is InChI=1S/C15H9Cl2N3O2/c16-10-3-1-2-9(6-10)12-7-13(22-20-12)15(21)19-11-4-5-14(17)18-8-11/h1-8H,(H,19,21). The normalized spacial score (nSPS) is 10.5. The average Bonchev–Trinajstić information content (AvgIpc) is 3.00. The molecule has 0 saturated heterocycles. The van der Waals surface area contributed by atoms with Gasteiger partial charge in [0.1, 0.15) is 10.8 Å². The molecular weight excluding hydrogens is 325 g/mol. The lowest BCUT2D eigenvalue weighted by molar-refractivity contribution is 0.0988. The van der Waals surface area contributed by atoms with Crippen LogP contribution in [0.2, 0.25) is 10.2 Å². The van der Waals surface area contributed by atoms with Crippen LogP contribution >= 0.6 is 23.2 Å². The predicted molar refractivity (Wildman–Crippen MR) is 84.1 cm³/mol. The predicted octanol–water partition coefficient (Wildman–Crippen LogP) is 4.30. The van der Waals surface area contributed by atoms with E-state index in [1.807, 2.05) is 6.07 Å². The number of aromatic nitrogens is 2. The van der Waals surface area contributed by atoms with Crippen LogP contribution in [0.3, 0.4) is 0 Å². The number of carbonyl (C=O) groups is 1. The van der Waals surface area contributed by atoms with Gasteiger partial charge in [-0.2, -0.15) is 0 Å². The second kappa shape index (κ2) is 6.17. The number of pyridine rings is 1. The maximum absolute atomic E-state index is 12.1. The van der Waals surface area contributed by atoms with Gasteiger partial charge in [-0.15, -0.1) is 0 Å². The molecule has 2 heterocycles. The molecule has 0 bridgehead atoms. The van der Waals surface area contributed by atoms with Crippen molar-refractivity contribution in [3.05, 3.63) is 64.6 Å². The third kappa shape index (κ3) is 3.27. The van der Waals surface area contributed by atoms with Crippen LogP contribution in [-0.2, 0) is 0 Å². The number of nitrogens with zero attached hydrogens (tertiary/aromatic N) is 2. The zero-order chi connectivity index (χ0) is 15.5. The van der Waals surface area contributed by atoms with Gasteiger partial charge < -0.3 is 9.84 Å². The maximum Gasteiger partial charge on any atom is 0.294 e. The molecule has 1 aromatic carbocycles. The molecule has 5 nitrogen and oxygen atoms in total. The van der Waals surface area contributed by atoms with Crippen molar-refractivity contribution in [3.8, 4) is 11.3 Å². The molecule has 0 spiro atoms. The molecule has 0 saturated carbocycles. The molecule has 1 N–H and O–H groups in total. The van der Waals surface area contributed by atoms with Crippen LogP contribution in [0.5, 0.6) is 0 Å². The largest absolute Gasteiger partial charge is 0.350 e. The Morgan fingerprint density at radius 3 is 2.73 bits per heavy atom. The van der Waals surface area contributed by atoms with E-state index in [1.54, 1.807) is 36.4 Å². The highest BCUT2D eigenvalue weighted by Crippen LogP contribution is 2.22. The Kier molecular flexibility index (Phi) is 4.09. The molecule has 0 aliphatic rings.